The number of aromatic nitrogens is 2. The molecule has 6 rings (SSSR count). The molecular formula is C29H34ClN7O4. The summed E-state index contributed by atoms with van der Waals surface area (Å²) in [6.45, 7) is 5.02. The number of rotatable bonds is 6. The molecule has 2 fully saturated rings. The van der Waals surface area contributed by atoms with E-state index in [2.05, 4.69) is 63.7 Å². The van der Waals surface area contributed by atoms with Gasteiger partial charge in [-0.15, -0.1) is 12.4 Å². The fraction of sp³-hybridized carbons (Fsp3) is 0.448. The lowest BCUT2D eigenvalue weighted by atomic mass is 10.0. The number of hydrogen-bond acceptors (Lipinski definition) is 9. The number of carbonyl (C=O) groups is 1. The van der Waals surface area contributed by atoms with Gasteiger partial charge in [0.05, 0.1) is 50.0 Å². The van der Waals surface area contributed by atoms with Crippen LogP contribution < -0.4 is 19.9 Å². The first kappa shape index (κ1) is 28.7. The fourth-order valence-corrected chi connectivity index (χ4v) is 5.89. The average molecular weight is 580 g/mol. The van der Waals surface area contributed by atoms with Crippen LogP contribution in [0.25, 0.3) is 10.8 Å². The Hall–Kier alpha value is -3.85. The number of halogens is 1. The molecular weight excluding hydrogens is 546 g/mol. The molecule has 216 valence electrons. The number of piperazine rings is 1. The third kappa shape index (κ3) is 6.10. The maximum Gasteiger partial charge on any atom is 0.407 e. The van der Waals surface area contributed by atoms with E-state index in [0.29, 0.717) is 52.0 Å². The van der Waals surface area contributed by atoms with Crippen LogP contribution in [0.2, 0.25) is 0 Å². The molecule has 2 aromatic carbocycles. The maximum absolute atomic E-state index is 11.8. The fourth-order valence-electron chi connectivity index (χ4n) is 5.89. The minimum Gasteiger partial charge on any atom is -0.465 e. The van der Waals surface area contributed by atoms with Gasteiger partial charge in [0, 0.05) is 49.4 Å². The van der Waals surface area contributed by atoms with Crippen LogP contribution in [-0.2, 0) is 17.7 Å². The van der Waals surface area contributed by atoms with Gasteiger partial charge in [-0.05, 0) is 17.9 Å². The van der Waals surface area contributed by atoms with Crippen LogP contribution in [0.15, 0.2) is 42.5 Å². The normalized spacial score (nSPS) is 20.6. The van der Waals surface area contributed by atoms with Crippen molar-refractivity contribution in [1.82, 2.24) is 20.2 Å². The summed E-state index contributed by atoms with van der Waals surface area (Å²) in [7, 11) is 0. The van der Waals surface area contributed by atoms with E-state index in [4.69, 9.17) is 19.4 Å². The number of anilines is 2. The molecule has 11 nitrogen and oxygen atoms in total. The van der Waals surface area contributed by atoms with E-state index in [9.17, 15) is 15.2 Å². The first-order valence-corrected chi connectivity index (χ1v) is 13.8. The molecule has 1 unspecified atom stereocenters. The Morgan fingerprint density at radius 2 is 2.00 bits per heavy atom. The molecule has 2 saturated heterocycles. The minimum atomic E-state index is -0.999. The van der Waals surface area contributed by atoms with Crippen LogP contribution in [0.5, 0.6) is 6.01 Å². The molecule has 2 N–H and O–H groups in total. The van der Waals surface area contributed by atoms with Gasteiger partial charge in [-0.1, -0.05) is 36.4 Å². The molecule has 2 atom stereocenters. The topological polar surface area (TPSA) is 127 Å². The predicted molar refractivity (Wildman–Crippen MR) is 157 cm³/mol. The first-order valence-electron chi connectivity index (χ1n) is 13.8. The van der Waals surface area contributed by atoms with Crippen LogP contribution >= 0.6 is 12.4 Å². The van der Waals surface area contributed by atoms with Gasteiger partial charge in [0.15, 0.2) is 0 Å². The van der Waals surface area contributed by atoms with Crippen LogP contribution in [0.4, 0.5) is 16.3 Å². The molecule has 3 aliphatic rings. The summed E-state index contributed by atoms with van der Waals surface area (Å²) >= 11 is 0. The van der Waals surface area contributed by atoms with Crippen molar-refractivity contribution in [3.05, 3.63) is 53.7 Å². The second-order valence-corrected chi connectivity index (χ2v) is 10.4. The van der Waals surface area contributed by atoms with Crippen molar-refractivity contribution in [2.45, 2.75) is 31.5 Å². The summed E-state index contributed by atoms with van der Waals surface area (Å²) in [5, 5.41) is 24.8. The molecule has 0 bridgehead atoms. The van der Waals surface area contributed by atoms with E-state index in [0.717, 1.165) is 36.6 Å². The molecule has 3 aromatic rings. The van der Waals surface area contributed by atoms with Gasteiger partial charge in [0.1, 0.15) is 12.4 Å². The van der Waals surface area contributed by atoms with Crippen molar-refractivity contribution in [2.75, 3.05) is 62.3 Å². The molecule has 0 aliphatic carbocycles. The van der Waals surface area contributed by atoms with Crippen molar-refractivity contribution in [3.8, 4) is 12.1 Å². The number of hydrogen-bond donors (Lipinski definition) is 2. The first-order chi connectivity index (χ1) is 19.6. The summed E-state index contributed by atoms with van der Waals surface area (Å²) in [5.41, 5.74) is 3.13. The van der Waals surface area contributed by atoms with Crippen molar-refractivity contribution in [1.29, 1.82) is 5.26 Å². The number of carboxylic acid groups (broad SMARTS) is 1. The van der Waals surface area contributed by atoms with Gasteiger partial charge >= 0.3 is 12.1 Å². The van der Waals surface area contributed by atoms with Crippen molar-refractivity contribution in [3.63, 3.8) is 0 Å². The molecule has 1 aromatic heterocycles. The van der Waals surface area contributed by atoms with Crippen molar-refractivity contribution < 1.29 is 19.4 Å². The lowest BCUT2D eigenvalue weighted by molar-refractivity contribution is 0.0576. The van der Waals surface area contributed by atoms with Gasteiger partial charge in [0.25, 0.3) is 0 Å². The summed E-state index contributed by atoms with van der Waals surface area (Å²) in [6.07, 6.45) is -0.128. The molecule has 0 spiro atoms. The smallest absolute Gasteiger partial charge is 0.407 e. The SMILES string of the molecule is Cl.N#CCC1CN(c2nc(OC[C@@H]3COCCN3)nc3c2CCN(c2cccc4ccccc24)C3)CCN1C(=O)O. The largest absolute Gasteiger partial charge is 0.465 e. The standard InChI is InChI=1S/C29H33N7O4.ClH/c30-10-8-22-16-35(13-14-36(22)29(37)38)27-24-9-12-34(26-7-3-5-20-4-1-2-6-23(20)26)17-25(24)32-28(33-27)40-19-21-18-39-15-11-31-21;/h1-7,21-22,31H,8-9,11-19H2,(H,37,38);1H/t21-,22?;/m0./s1. The van der Waals surface area contributed by atoms with Crippen molar-refractivity contribution >= 4 is 40.8 Å². The van der Waals surface area contributed by atoms with E-state index >= 15 is 0 Å². The highest BCUT2D eigenvalue weighted by molar-refractivity contribution is 5.94. The number of fused-ring (bicyclic) bond motifs is 2. The number of nitrogens with one attached hydrogen (secondary N) is 1. The zero-order chi connectivity index (χ0) is 27.5. The van der Waals surface area contributed by atoms with Gasteiger partial charge in [-0.2, -0.15) is 15.2 Å². The lowest BCUT2D eigenvalue weighted by Gasteiger charge is -2.41. The van der Waals surface area contributed by atoms with E-state index in [1.165, 1.54) is 21.4 Å². The summed E-state index contributed by atoms with van der Waals surface area (Å²) in [6, 6.07) is 16.8. The highest BCUT2D eigenvalue weighted by atomic mass is 35.5. The van der Waals surface area contributed by atoms with E-state index < -0.39 is 12.1 Å². The summed E-state index contributed by atoms with van der Waals surface area (Å²) in [5.74, 6) is 0.776. The number of benzene rings is 2. The molecule has 4 heterocycles. The summed E-state index contributed by atoms with van der Waals surface area (Å²) < 4.78 is 11.7. The highest BCUT2D eigenvalue weighted by Gasteiger charge is 2.34. The Kier molecular flexibility index (Phi) is 8.93. The van der Waals surface area contributed by atoms with Gasteiger partial charge in [-0.3, -0.25) is 0 Å². The summed E-state index contributed by atoms with van der Waals surface area (Å²) in [4.78, 5) is 27.4. The molecule has 1 amide bonds. The Balaban J connectivity index is 0.00000337. The number of nitriles is 1. The van der Waals surface area contributed by atoms with Crippen LogP contribution in [0.1, 0.15) is 17.7 Å². The predicted octanol–water partition coefficient (Wildman–Crippen LogP) is 3.06. The zero-order valence-corrected chi connectivity index (χ0v) is 23.6. The number of ether oxygens (including phenoxy) is 2. The third-order valence-corrected chi connectivity index (χ3v) is 7.90. The zero-order valence-electron chi connectivity index (χ0n) is 22.7. The van der Waals surface area contributed by atoms with Crippen LogP contribution in [0.3, 0.4) is 0 Å². The third-order valence-electron chi connectivity index (χ3n) is 7.90. The second-order valence-electron chi connectivity index (χ2n) is 10.4. The molecule has 41 heavy (non-hydrogen) atoms. The average Bonchev–Trinajstić information content (AvgIpc) is 2.99. The Morgan fingerprint density at radius 3 is 2.80 bits per heavy atom. The molecule has 3 aliphatic heterocycles. The minimum absolute atomic E-state index is 0. The highest BCUT2D eigenvalue weighted by Crippen LogP contribution is 2.34. The van der Waals surface area contributed by atoms with Gasteiger partial charge in [0.2, 0.25) is 0 Å². The maximum atomic E-state index is 11.8. The van der Waals surface area contributed by atoms with E-state index in [-0.39, 0.29) is 24.9 Å². The van der Waals surface area contributed by atoms with Crippen LogP contribution in [-0.4, -0.2) is 90.7 Å². The number of nitrogens with zero attached hydrogens (tertiary/aromatic N) is 6. The van der Waals surface area contributed by atoms with Gasteiger partial charge in [-0.25, -0.2) is 4.79 Å². The lowest BCUT2D eigenvalue weighted by Crippen LogP contribution is -2.55. The molecule has 0 radical (unpaired) electrons. The van der Waals surface area contributed by atoms with Crippen LogP contribution in [0, 0.1) is 11.3 Å². The molecule has 0 saturated carbocycles. The van der Waals surface area contributed by atoms with Gasteiger partial charge < -0.3 is 34.6 Å². The second kappa shape index (κ2) is 12.8. The number of morpholine rings is 1. The molecule has 12 heteroatoms. The van der Waals surface area contributed by atoms with Crippen molar-refractivity contribution in [2.24, 2.45) is 0 Å². The quantitative estimate of drug-likeness (QED) is 0.450. The Bertz CT molecular complexity index is 1420. The Labute approximate surface area is 245 Å². The van der Waals surface area contributed by atoms with E-state index in [1.807, 2.05) is 0 Å². The monoisotopic (exact) mass is 579 g/mol. The van der Waals surface area contributed by atoms with E-state index in [1.54, 1.807) is 0 Å². The Morgan fingerprint density at radius 1 is 1.15 bits per heavy atom. The number of amides is 1.